The van der Waals surface area contributed by atoms with Crippen molar-refractivity contribution in [3.05, 3.63) is 0 Å². The van der Waals surface area contributed by atoms with E-state index in [2.05, 4.69) is 21.6 Å². The molecule has 0 saturated carbocycles. The van der Waals surface area contributed by atoms with Gasteiger partial charge in [0.15, 0.2) is 0 Å². The first-order valence-corrected chi connectivity index (χ1v) is 23.0. The molecule has 0 amide bonds. The molecule has 0 rings (SSSR count). The Morgan fingerprint density at radius 3 is 0.234 bits per heavy atom. The molecule has 0 aliphatic rings. The van der Waals surface area contributed by atoms with E-state index in [1.807, 2.05) is 0 Å². The van der Waals surface area contributed by atoms with Gasteiger partial charge in [0.2, 0.25) is 0 Å². The van der Waals surface area contributed by atoms with Gasteiger partial charge in [-0.05, 0) is 0 Å². The van der Waals surface area contributed by atoms with Crippen LogP contribution < -0.4 is 0 Å². The van der Waals surface area contributed by atoms with E-state index in [-0.39, 0.29) is 59.1 Å². The van der Waals surface area contributed by atoms with Gasteiger partial charge >= 0.3 is 137 Å². The van der Waals surface area contributed by atoms with Crippen molar-refractivity contribution in [2.75, 3.05) is 0 Å². The Balaban J connectivity index is -0.0000000842. The van der Waals surface area contributed by atoms with Gasteiger partial charge in [0.05, 0.1) is 0 Å². The van der Waals surface area contributed by atoms with E-state index in [1.165, 1.54) is 0 Å². The zero-order valence-corrected chi connectivity index (χ0v) is 28.5. The van der Waals surface area contributed by atoms with Crippen LogP contribution in [0.4, 0.5) is 0 Å². The molecule has 0 unspecified atom stereocenters. The van der Waals surface area contributed by atoms with Crippen LogP contribution in [0.15, 0.2) is 0 Å². The summed E-state index contributed by atoms with van der Waals surface area (Å²) in [5, 5.41) is 0. The van der Waals surface area contributed by atoms with Crippen LogP contribution in [0.25, 0.3) is 0 Å². The predicted octanol–water partition coefficient (Wildman–Crippen LogP) is -5.35. The second kappa shape index (κ2) is 24.7. The van der Waals surface area contributed by atoms with Gasteiger partial charge in [-0.25, -0.2) is 45.7 Å². The van der Waals surface area contributed by atoms with Crippen molar-refractivity contribution >= 4 is 137 Å². The molecule has 0 aliphatic carbocycles. The van der Waals surface area contributed by atoms with E-state index in [4.69, 9.17) is 97.9 Å². The third-order valence-corrected chi connectivity index (χ3v) is 9.57. The molecule has 0 aromatic rings. The van der Waals surface area contributed by atoms with Gasteiger partial charge in [0.25, 0.3) is 0 Å². The van der Waals surface area contributed by atoms with Crippen molar-refractivity contribution in [3.8, 4) is 0 Å². The first-order valence-electron chi connectivity index (χ1n) is 7.65. The van der Waals surface area contributed by atoms with Crippen LogP contribution in [-0.2, 0) is 67.2 Å². The number of hydrogen-bond donors (Lipinski definition) is 20. The quantitative estimate of drug-likeness (QED) is 0.0718. The van der Waals surface area contributed by atoms with E-state index >= 15 is 0 Å². The normalized spacial score (nSPS) is 13.2. The van der Waals surface area contributed by atoms with E-state index in [0.717, 1.165) is 0 Å². The molecule has 0 saturated heterocycles. The summed E-state index contributed by atoms with van der Waals surface area (Å²) in [5.41, 5.74) is 0. The SMILES string of the molecule is O=P(O)(O)OP(=O)(O)O.O=P(O)(O)OP(=O)(O)O.O=P(O)(O)OP(=O)(O)O.O=P(O)(O)OP(=O)(O)O.O=P(O)(O)OP(=O)(O)O.[NaH].[NaH]. The molecule has 0 aliphatic heterocycles. The summed E-state index contributed by atoms with van der Waals surface area (Å²) in [6.45, 7) is 0. The van der Waals surface area contributed by atoms with Gasteiger partial charge in [-0.3, -0.25) is 0 Å². The Bertz CT molecular complexity index is 993. The van der Waals surface area contributed by atoms with Crippen LogP contribution in [0.5, 0.6) is 0 Å². The van der Waals surface area contributed by atoms with Crippen molar-refractivity contribution in [3.63, 3.8) is 0 Å². The molecule has 0 radical (unpaired) electrons. The van der Waals surface area contributed by atoms with E-state index < -0.39 is 78.2 Å². The summed E-state index contributed by atoms with van der Waals surface area (Å²) in [6, 6.07) is 0. The molecule has 0 heterocycles. The zero-order valence-electron chi connectivity index (χ0n) is 19.5. The Morgan fingerprint density at radius 2 is 0.234 bits per heavy atom. The fourth-order valence-electron chi connectivity index (χ4n) is 0.693. The maximum atomic E-state index is 9.63. The Hall–Kier alpha value is 3.30. The van der Waals surface area contributed by atoms with Crippen LogP contribution in [0.2, 0.25) is 0 Å². The van der Waals surface area contributed by atoms with Gasteiger partial charge in [-0.1, -0.05) is 0 Å². The van der Waals surface area contributed by atoms with E-state index in [9.17, 15) is 45.7 Å². The standard InChI is InChI=1S/2Na.5H4O7P2.2H/c;;5*1-8(2,3)7-9(4,5)6;;/h;;5*(H2,1,2,3)(H2,4,5,6);;. The monoisotopic (exact) mass is 938 g/mol. The first kappa shape index (κ1) is 65.2. The minimum absolute atomic E-state index is 0. The van der Waals surface area contributed by atoms with Gasteiger partial charge in [0, 0.05) is 0 Å². The van der Waals surface area contributed by atoms with Gasteiger partial charge in [-0.2, -0.15) is 21.6 Å². The zero-order chi connectivity index (χ0) is 38.5. The predicted molar refractivity (Wildman–Crippen MR) is 140 cm³/mol. The van der Waals surface area contributed by atoms with E-state index in [0.29, 0.717) is 0 Å². The second-order valence-corrected chi connectivity index (χ2v) is 18.4. The van der Waals surface area contributed by atoms with Crippen molar-refractivity contribution in [2.24, 2.45) is 0 Å². The Kier molecular flexibility index (Phi) is 34.2. The molecule has 47 heavy (non-hydrogen) atoms. The average molecular weight is 938 g/mol. The summed E-state index contributed by atoms with van der Waals surface area (Å²) < 4.78 is 111. The average Bonchev–Trinajstić information content (AvgIpc) is 2.36. The van der Waals surface area contributed by atoms with Gasteiger partial charge in [-0.15, -0.1) is 0 Å². The Morgan fingerprint density at radius 1 is 0.191 bits per heavy atom. The molecule has 47 heteroatoms. The van der Waals surface area contributed by atoms with Crippen molar-refractivity contribution in [2.45, 2.75) is 0 Å². The molecule has 0 aromatic heterocycles. The molecule has 0 fully saturated rings. The molecule has 0 aromatic carbocycles. The minimum atomic E-state index is -5.05. The van der Waals surface area contributed by atoms with Crippen LogP contribution in [0.1, 0.15) is 0 Å². The molecule has 0 spiro atoms. The summed E-state index contributed by atoms with van der Waals surface area (Å²) in [5.74, 6) is 0. The molecule has 20 N–H and O–H groups in total. The Labute approximate surface area is 300 Å². The third-order valence-electron chi connectivity index (χ3n) is 1.06. The maximum absolute atomic E-state index is 9.63. The van der Waals surface area contributed by atoms with Crippen molar-refractivity contribution < 1.29 is 165 Å². The third kappa shape index (κ3) is 99.5. The summed E-state index contributed by atoms with van der Waals surface area (Å²) in [4.78, 5) is 155. The summed E-state index contributed by atoms with van der Waals surface area (Å²) in [6.07, 6.45) is 0. The van der Waals surface area contributed by atoms with Crippen LogP contribution in [0, 0.1) is 0 Å². The molecule has 284 valence electrons. The fourth-order valence-corrected chi connectivity index (χ4v) is 6.24. The number of hydrogen-bond acceptors (Lipinski definition) is 15. The topological polar surface area (TPSA) is 621 Å². The van der Waals surface area contributed by atoms with E-state index in [1.54, 1.807) is 0 Å². The van der Waals surface area contributed by atoms with Crippen molar-refractivity contribution in [1.82, 2.24) is 0 Å². The van der Waals surface area contributed by atoms with Gasteiger partial charge in [0.1, 0.15) is 0 Å². The first-order chi connectivity index (χ1) is 18.5. The summed E-state index contributed by atoms with van der Waals surface area (Å²) in [7, 11) is -50.5. The number of phosphoric acid groups is 10. The van der Waals surface area contributed by atoms with Crippen LogP contribution in [-0.4, -0.2) is 157 Å². The molecular formula is H22Na2O35P10. The van der Waals surface area contributed by atoms with Crippen LogP contribution in [0.3, 0.4) is 0 Å². The second-order valence-electron chi connectivity index (χ2n) is 5.31. The molecule has 0 bridgehead atoms. The number of rotatable bonds is 10. The molecular weight excluding hydrogens is 916 g/mol. The summed E-state index contributed by atoms with van der Waals surface area (Å²) >= 11 is 0. The molecule has 35 nitrogen and oxygen atoms in total. The fraction of sp³-hybridized carbons (Fsp3) is 0. The van der Waals surface area contributed by atoms with Crippen molar-refractivity contribution in [1.29, 1.82) is 0 Å². The molecule has 0 atom stereocenters. The van der Waals surface area contributed by atoms with Crippen LogP contribution >= 0.6 is 78.2 Å². The van der Waals surface area contributed by atoms with Gasteiger partial charge < -0.3 is 97.9 Å².